The average Bonchev–Trinajstić information content (AvgIpc) is 2.79. The van der Waals surface area contributed by atoms with Crippen LogP contribution in [-0.4, -0.2) is 67.6 Å². The Balaban J connectivity index is 1.52. The SMILES string of the molecule is C1CCN(C(SSC(N2CCCCC2)=S2CCCCC2)=S2CCCCC2)CC1. The lowest BCUT2D eigenvalue weighted by molar-refractivity contribution is 0.352. The molecule has 4 aliphatic rings. The molecule has 28 heavy (non-hydrogen) atoms. The molecule has 162 valence electrons. The third kappa shape index (κ3) is 6.29. The van der Waals surface area contributed by atoms with E-state index in [0.29, 0.717) is 21.0 Å². The Labute approximate surface area is 186 Å². The largest absolute Gasteiger partial charge is 0.264 e. The average molecular weight is 461 g/mol. The predicted octanol–water partition coefficient (Wildman–Crippen LogP) is 6.42. The van der Waals surface area contributed by atoms with Gasteiger partial charge in [-0.25, -0.2) is 0 Å². The summed E-state index contributed by atoms with van der Waals surface area (Å²) in [5.74, 6) is 5.91. The van der Waals surface area contributed by atoms with E-state index < -0.39 is 0 Å². The van der Waals surface area contributed by atoms with E-state index in [0.717, 1.165) is 0 Å². The van der Waals surface area contributed by atoms with E-state index in [1.54, 1.807) is 8.64 Å². The molecule has 0 amide bonds. The first-order chi connectivity index (χ1) is 13.9. The number of rotatable bonds is 0. The first-order valence-electron chi connectivity index (χ1n) is 11.8. The third-order valence-electron chi connectivity index (χ3n) is 6.47. The van der Waals surface area contributed by atoms with Gasteiger partial charge in [-0.2, -0.15) is 21.0 Å². The van der Waals surface area contributed by atoms with Gasteiger partial charge in [0.25, 0.3) is 0 Å². The fourth-order valence-corrected chi connectivity index (χ4v) is 15.1. The molecule has 4 aliphatic heterocycles. The molecule has 0 radical (unpaired) electrons. The molecule has 4 heterocycles. The molecule has 0 aromatic carbocycles. The van der Waals surface area contributed by atoms with Crippen LogP contribution in [0, 0.1) is 0 Å². The van der Waals surface area contributed by atoms with Gasteiger partial charge in [-0.15, -0.1) is 0 Å². The van der Waals surface area contributed by atoms with Gasteiger partial charge >= 0.3 is 0 Å². The van der Waals surface area contributed by atoms with Crippen molar-refractivity contribution in [1.82, 2.24) is 9.80 Å². The second-order valence-corrected chi connectivity index (χ2v) is 15.7. The Hall–Kier alpha value is 1.06. The lowest BCUT2D eigenvalue weighted by Gasteiger charge is -2.34. The summed E-state index contributed by atoms with van der Waals surface area (Å²) in [5.41, 5.74) is 0. The molecule has 2 nitrogen and oxygen atoms in total. The van der Waals surface area contributed by atoms with Crippen molar-refractivity contribution in [2.24, 2.45) is 0 Å². The Morgan fingerprint density at radius 2 is 0.750 bits per heavy atom. The van der Waals surface area contributed by atoms with Gasteiger partial charge in [-0.05, 0) is 96.0 Å². The van der Waals surface area contributed by atoms with Gasteiger partial charge in [0.15, 0.2) is 0 Å². The minimum Gasteiger partial charge on any atom is -0.264 e. The summed E-state index contributed by atoms with van der Waals surface area (Å²) in [6.45, 7) is 5.32. The first-order valence-corrected chi connectivity index (χ1v) is 17.1. The van der Waals surface area contributed by atoms with Crippen LogP contribution in [0.2, 0.25) is 0 Å². The molecule has 0 unspecified atom stereocenters. The highest BCUT2D eigenvalue weighted by Gasteiger charge is 2.24. The molecule has 4 saturated heterocycles. The number of piperidine rings is 2. The zero-order valence-electron chi connectivity index (χ0n) is 17.7. The fraction of sp³-hybridized carbons (Fsp3) is 0.909. The van der Waals surface area contributed by atoms with E-state index in [4.69, 9.17) is 0 Å². The van der Waals surface area contributed by atoms with Crippen LogP contribution in [0.15, 0.2) is 0 Å². The quantitative estimate of drug-likeness (QED) is 0.304. The molecule has 6 heteroatoms. The molecular weight excluding hydrogens is 421 g/mol. The van der Waals surface area contributed by atoms with E-state index >= 15 is 0 Å². The highest BCUT2D eigenvalue weighted by molar-refractivity contribution is 8.90. The maximum Gasteiger partial charge on any atom is 0.0870 e. The number of nitrogens with zero attached hydrogens (tertiary/aromatic N) is 2. The van der Waals surface area contributed by atoms with Gasteiger partial charge in [-0.1, -0.05) is 25.7 Å². The van der Waals surface area contributed by atoms with Crippen molar-refractivity contribution in [3.63, 3.8) is 0 Å². The summed E-state index contributed by atoms with van der Waals surface area (Å²) in [6.07, 6.45) is 17.4. The second-order valence-electron chi connectivity index (χ2n) is 8.72. The Kier molecular flexibility index (Phi) is 9.69. The van der Waals surface area contributed by atoms with Crippen LogP contribution in [0.5, 0.6) is 0 Å². The van der Waals surface area contributed by atoms with Crippen molar-refractivity contribution in [2.75, 3.05) is 49.2 Å². The van der Waals surface area contributed by atoms with Crippen LogP contribution >= 0.6 is 42.6 Å². The Morgan fingerprint density at radius 1 is 0.429 bits per heavy atom. The minimum atomic E-state index is 0.550. The van der Waals surface area contributed by atoms with Crippen LogP contribution in [0.4, 0.5) is 0 Å². The van der Waals surface area contributed by atoms with Gasteiger partial charge in [0.2, 0.25) is 0 Å². The van der Waals surface area contributed by atoms with Crippen molar-refractivity contribution < 1.29 is 0 Å². The molecule has 0 aliphatic carbocycles. The van der Waals surface area contributed by atoms with Gasteiger partial charge in [0, 0.05) is 26.2 Å². The topological polar surface area (TPSA) is 6.48 Å². The summed E-state index contributed by atoms with van der Waals surface area (Å²) >= 11 is 0. The fourth-order valence-electron chi connectivity index (χ4n) is 4.80. The number of hydrogen-bond acceptors (Lipinski definition) is 2. The first kappa shape index (κ1) is 22.3. The molecule has 0 spiro atoms. The van der Waals surface area contributed by atoms with Gasteiger partial charge in [-0.3, -0.25) is 9.80 Å². The van der Waals surface area contributed by atoms with Crippen molar-refractivity contribution in [3.8, 4) is 0 Å². The van der Waals surface area contributed by atoms with Crippen LogP contribution in [0.25, 0.3) is 0 Å². The van der Waals surface area contributed by atoms with Gasteiger partial charge in [0.1, 0.15) is 0 Å². The van der Waals surface area contributed by atoms with Crippen LogP contribution in [-0.2, 0) is 0 Å². The highest BCUT2D eigenvalue weighted by Crippen LogP contribution is 2.42. The van der Waals surface area contributed by atoms with E-state index in [1.165, 1.54) is 126 Å². The van der Waals surface area contributed by atoms with Gasteiger partial charge < -0.3 is 0 Å². The zero-order chi connectivity index (χ0) is 19.0. The zero-order valence-corrected chi connectivity index (χ0v) is 20.9. The van der Waals surface area contributed by atoms with Crippen molar-refractivity contribution in [3.05, 3.63) is 0 Å². The standard InChI is InChI=1S/C22H40N2S4/c1-5-13-23(14-6-1)21(27-17-9-3-10-18-27)25-26-22(24-15-7-2-8-16-24)28-19-11-4-12-20-28/h1-20H2. The second kappa shape index (κ2) is 12.2. The van der Waals surface area contributed by atoms with Crippen LogP contribution in [0.1, 0.15) is 77.0 Å². The molecule has 0 aromatic rings. The predicted molar refractivity (Wildman–Crippen MR) is 138 cm³/mol. The third-order valence-corrected chi connectivity index (χ3v) is 15.7. The maximum atomic E-state index is 2.83. The minimum absolute atomic E-state index is 0.550. The van der Waals surface area contributed by atoms with Crippen molar-refractivity contribution >= 4 is 51.2 Å². The molecule has 0 N–H and O–H groups in total. The number of hydrogen-bond donors (Lipinski definition) is 0. The summed E-state index contributed by atoms with van der Waals surface area (Å²) < 4.78 is 3.61. The molecule has 0 saturated carbocycles. The smallest absolute Gasteiger partial charge is 0.0870 e. The molecule has 4 fully saturated rings. The summed E-state index contributed by atoms with van der Waals surface area (Å²) in [6, 6.07) is 0. The highest BCUT2D eigenvalue weighted by atomic mass is 33.1. The Morgan fingerprint density at radius 3 is 1.11 bits per heavy atom. The molecule has 0 bridgehead atoms. The van der Waals surface area contributed by atoms with E-state index in [-0.39, 0.29) is 0 Å². The lowest BCUT2D eigenvalue weighted by Crippen LogP contribution is -2.36. The van der Waals surface area contributed by atoms with E-state index in [1.807, 2.05) is 0 Å². The summed E-state index contributed by atoms with van der Waals surface area (Å²) in [4.78, 5) is 5.65. The van der Waals surface area contributed by atoms with Crippen molar-refractivity contribution in [2.45, 2.75) is 77.0 Å². The molecular formula is C22H40N2S4. The molecule has 0 atom stereocenters. The van der Waals surface area contributed by atoms with Gasteiger partial charge in [0.05, 0.1) is 8.64 Å². The van der Waals surface area contributed by atoms with Crippen LogP contribution < -0.4 is 0 Å². The maximum absolute atomic E-state index is 2.83. The van der Waals surface area contributed by atoms with Crippen LogP contribution in [0.3, 0.4) is 0 Å². The molecule has 4 rings (SSSR count). The molecule has 0 aromatic heterocycles. The summed E-state index contributed by atoms with van der Waals surface area (Å²) in [7, 11) is 5.56. The van der Waals surface area contributed by atoms with E-state index in [9.17, 15) is 0 Å². The Bertz CT molecular complexity index is 497. The summed E-state index contributed by atoms with van der Waals surface area (Å²) in [5, 5.41) is 0. The lowest BCUT2D eigenvalue weighted by atomic mass is 10.1. The normalized spacial score (nSPS) is 27.0. The van der Waals surface area contributed by atoms with Crippen molar-refractivity contribution in [1.29, 1.82) is 0 Å². The number of likely N-dealkylation sites (tertiary alicyclic amines) is 2. The van der Waals surface area contributed by atoms with E-state index in [2.05, 4.69) is 31.4 Å². The monoisotopic (exact) mass is 460 g/mol.